The molecule has 0 heterocycles. The second-order valence-electron chi connectivity index (χ2n) is 5.65. The van der Waals surface area contributed by atoms with Crippen LogP contribution in [0.3, 0.4) is 0 Å². The maximum Gasteiger partial charge on any atom is 0.255 e. The molecule has 22 heavy (non-hydrogen) atoms. The van der Waals surface area contributed by atoms with Crippen molar-refractivity contribution in [1.29, 1.82) is 0 Å². The first-order valence-corrected chi connectivity index (χ1v) is 7.58. The number of hydrogen-bond donors (Lipinski definition) is 3. The molecule has 0 radical (unpaired) electrons. The lowest BCUT2D eigenvalue weighted by atomic mass is 9.95. The Labute approximate surface area is 130 Å². The minimum Gasteiger partial charge on any atom is -0.484 e. The molecule has 1 aliphatic carbocycles. The smallest absolute Gasteiger partial charge is 0.255 e. The first kappa shape index (κ1) is 16.3. The summed E-state index contributed by atoms with van der Waals surface area (Å²) in [4.78, 5) is 22.9. The lowest BCUT2D eigenvalue weighted by Gasteiger charge is -2.17. The number of ether oxygens (including phenoxy) is 1. The number of primary amides is 1. The van der Waals surface area contributed by atoms with Crippen molar-refractivity contribution in [3.05, 3.63) is 29.8 Å². The molecular formula is C16H23N3O3. The van der Waals surface area contributed by atoms with Crippen LogP contribution in [0.25, 0.3) is 0 Å². The number of amides is 2. The Morgan fingerprint density at radius 1 is 1.32 bits per heavy atom. The molecule has 1 aliphatic rings. The molecule has 2 amide bonds. The zero-order chi connectivity index (χ0) is 15.9. The standard InChI is InChI=1S/C16H23N3O3/c17-8-12-4-2-6-14(12)16(21)19-9-11-3-1-5-13(7-11)22-10-15(18)20/h1,3,5,7,12,14H,2,4,6,8-10,17H2,(H2,18,20)(H,19,21)/t12-,14-/m1/s1. The van der Waals surface area contributed by atoms with Gasteiger partial charge in [-0.3, -0.25) is 9.59 Å². The van der Waals surface area contributed by atoms with E-state index in [9.17, 15) is 9.59 Å². The molecule has 1 aromatic carbocycles. The minimum absolute atomic E-state index is 0.0271. The van der Waals surface area contributed by atoms with Gasteiger partial charge >= 0.3 is 0 Å². The van der Waals surface area contributed by atoms with Crippen molar-refractivity contribution in [2.45, 2.75) is 25.8 Å². The second kappa shape index (κ2) is 7.79. The molecule has 0 unspecified atom stereocenters. The zero-order valence-corrected chi connectivity index (χ0v) is 12.6. The van der Waals surface area contributed by atoms with Crippen molar-refractivity contribution < 1.29 is 14.3 Å². The molecule has 1 aromatic rings. The highest BCUT2D eigenvalue weighted by atomic mass is 16.5. The van der Waals surface area contributed by atoms with Crippen molar-refractivity contribution in [3.8, 4) is 5.75 Å². The van der Waals surface area contributed by atoms with E-state index in [0.29, 0.717) is 24.8 Å². The number of carbonyl (C=O) groups is 2. The first-order chi connectivity index (χ1) is 10.6. The van der Waals surface area contributed by atoms with Crippen LogP contribution in [0, 0.1) is 11.8 Å². The van der Waals surface area contributed by atoms with Gasteiger partial charge in [0, 0.05) is 12.5 Å². The molecule has 120 valence electrons. The number of carbonyl (C=O) groups excluding carboxylic acids is 2. The maximum absolute atomic E-state index is 12.2. The van der Waals surface area contributed by atoms with Crippen LogP contribution in [0.4, 0.5) is 0 Å². The summed E-state index contributed by atoms with van der Waals surface area (Å²) in [5.74, 6) is 0.431. The number of benzene rings is 1. The Kier molecular flexibility index (Phi) is 5.77. The normalized spacial score (nSPS) is 20.6. The van der Waals surface area contributed by atoms with Crippen molar-refractivity contribution >= 4 is 11.8 Å². The SMILES string of the molecule is NC[C@H]1CCC[C@H]1C(=O)NCc1cccc(OCC(N)=O)c1. The fourth-order valence-corrected chi connectivity index (χ4v) is 2.88. The van der Waals surface area contributed by atoms with E-state index in [2.05, 4.69) is 5.32 Å². The molecule has 0 aliphatic heterocycles. The summed E-state index contributed by atoms with van der Waals surface area (Å²) < 4.78 is 5.25. The van der Waals surface area contributed by atoms with Gasteiger partial charge in [-0.15, -0.1) is 0 Å². The van der Waals surface area contributed by atoms with Gasteiger partial charge in [-0.1, -0.05) is 18.6 Å². The highest BCUT2D eigenvalue weighted by Gasteiger charge is 2.31. The fourth-order valence-electron chi connectivity index (χ4n) is 2.88. The number of nitrogens with one attached hydrogen (secondary N) is 1. The monoisotopic (exact) mass is 305 g/mol. The van der Waals surface area contributed by atoms with E-state index < -0.39 is 5.91 Å². The number of rotatable bonds is 7. The Hall–Kier alpha value is -2.08. The highest BCUT2D eigenvalue weighted by Crippen LogP contribution is 2.31. The van der Waals surface area contributed by atoms with Crippen LogP contribution in [0.2, 0.25) is 0 Å². The molecule has 6 heteroatoms. The molecule has 2 rings (SSSR count). The third kappa shape index (κ3) is 4.46. The summed E-state index contributed by atoms with van der Waals surface area (Å²) in [6.45, 7) is 0.838. The average molecular weight is 305 g/mol. The van der Waals surface area contributed by atoms with Gasteiger partial charge in [0.15, 0.2) is 6.61 Å². The van der Waals surface area contributed by atoms with Crippen molar-refractivity contribution in [2.24, 2.45) is 23.3 Å². The van der Waals surface area contributed by atoms with Gasteiger partial charge in [-0.2, -0.15) is 0 Å². The van der Waals surface area contributed by atoms with Gasteiger partial charge in [0.05, 0.1) is 0 Å². The van der Waals surface area contributed by atoms with Crippen LogP contribution in [0.15, 0.2) is 24.3 Å². The van der Waals surface area contributed by atoms with Crippen molar-refractivity contribution in [2.75, 3.05) is 13.2 Å². The van der Waals surface area contributed by atoms with Gasteiger partial charge in [-0.05, 0) is 43.0 Å². The van der Waals surface area contributed by atoms with E-state index in [1.54, 1.807) is 12.1 Å². The third-order valence-corrected chi connectivity index (χ3v) is 4.04. The first-order valence-electron chi connectivity index (χ1n) is 7.58. The summed E-state index contributed by atoms with van der Waals surface area (Å²) in [6.07, 6.45) is 3.01. The number of nitrogens with two attached hydrogens (primary N) is 2. The minimum atomic E-state index is -0.521. The topological polar surface area (TPSA) is 107 Å². The van der Waals surface area contributed by atoms with E-state index in [0.717, 1.165) is 24.8 Å². The van der Waals surface area contributed by atoms with Crippen LogP contribution in [0.5, 0.6) is 5.75 Å². The lowest BCUT2D eigenvalue weighted by molar-refractivity contribution is -0.126. The van der Waals surface area contributed by atoms with E-state index in [1.165, 1.54) is 0 Å². The van der Waals surface area contributed by atoms with Gasteiger partial charge in [-0.25, -0.2) is 0 Å². The molecule has 0 bridgehead atoms. The zero-order valence-electron chi connectivity index (χ0n) is 12.6. The Bertz CT molecular complexity index is 533. The van der Waals surface area contributed by atoms with Crippen LogP contribution in [-0.4, -0.2) is 25.0 Å². The van der Waals surface area contributed by atoms with Gasteiger partial charge in [0.1, 0.15) is 5.75 Å². The summed E-state index contributed by atoms with van der Waals surface area (Å²) in [5.41, 5.74) is 11.7. The average Bonchev–Trinajstić information content (AvgIpc) is 2.99. The van der Waals surface area contributed by atoms with Gasteiger partial charge in [0.2, 0.25) is 5.91 Å². The van der Waals surface area contributed by atoms with Crippen LogP contribution in [-0.2, 0) is 16.1 Å². The van der Waals surface area contributed by atoms with Crippen LogP contribution < -0.4 is 21.5 Å². The fraction of sp³-hybridized carbons (Fsp3) is 0.500. The largest absolute Gasteiger partial charge is 0.484 e. The van der Waals surface area contributed by atoms with Crippen molar-refractivity contribution in [1.82, 2.24) is 5.32 Å². The van der Waals surface area contributed by atoms with Gasteiger partial charge < -0.3 is 21.5 Å². The highest BCUT2D eigenvalue weighted by molar-refractivity contribution is 5.79. The molecule has 1 fully saturated rings. The van der Waals surface area contributed by atoms with E-state index >= 15 is 0 Å². The molecule has 5 N–H and O–H groups in total. The quantitative estimate of drug-likeness (QED) is 0.683. The molecule has 6 nitrogen and oxygen atoms in total. The molecular weight excluding hydrogens is 282 g/mol. The predicted octanol–water partition coefficient (Wildman–Crippen LogP) is 0.542. The number of hydrogen-bond acceptors (Lipinski definition) is 4. The molecule has 0 spiro atoms. The summed E-state index contributed by atoms with van der Waals surface area (Å²) >= 11 is 0. The van der Waals surface area contributed by atoms with E-state index in [4.69, 9.17) is 16.2 Å². The van der Waals surface area contributed by atoms with E-state index in [1.807, 2.05) is 12.1 Å². The van der Waals surface area contributed by atoms with Crippen LogP contribution >= 0.6 is 0 Å². The third-order valence-electron chi connectivity index (χ3n) is 4.04. The Balaban J connectivity index is 1.87. The van der Waals surface area contributed by atoms with E-state index in [-0.39, 0.29) is 18.4 Å². The molecule has 2 atom stereocenters. The molecule has 0 saturated heterocycles. The van der Waals surface area contributed by atoms with Crippen LogP contribution in [0.1, 0.15) is 24.8 Å². The molecule has 0 aromatic heterocycles. The molecule has 1 saturated carbocycles. The predicted molar refractivity (Wildman–Crippen MR) is 82.9 cm³/mol. The Morgan fingerprint density at radius 3 is 2.86 bits per heavy atom. The summed E-state index contributed by atoms with van der Waals surface area (Å²) in [7, 11) is 0. The summed E-state index contributed by atoms with van der Waals surface area (Å²) in [5, 5.41) is 2.96. The Morgan fingerprint density at radius 2 is 2.14 bits per heavy atom. The second-order valence-corrected chi connectivity index (χ2v) is 5.65. The van der Waals surface area contributed by atoms with Crippen molar-refractivity contribution in [3.63, 3.8) is 0 Å². The lowest BCUT2D eigenvalue weighted by Crippen LogP contribution is -2.34. The van der Waals surface area contributed by atoms with Gasteiger partial charge in [0.25, 0.3) is 5.91 Å². The maximum atomic E-state index is 12.2. The summed E-state index contributed by atoms with van der Waals surface area (Å²) in [6, 6.07) is 7.25.